The lowest BCUT2D eigenvalue weighted by Gasteiger charge is -2.17. The summed E-state index contributed by atoms with van der Waals surface area (Å²) in [6.45, 7) is 5.32. The van der Waals surface area contributed by atoms with E-state index in [2.05, 4.69) is 24.7 Å². The molecule has 0 aliphatic carbocycles. The number of hydrogen-bond donors (Lipinski definition) is 0. The van der Waals surface area contributed by atoms with Crippen molar-refractivity contribution in [1.82, 2.24) is 4.90 Å². The molecule has 0 radical (unpaired) electrons. The van der Waals surface area contributed by atoms with E-state index in [1.165, 1.54) is 23.8 Å². The van der Waals surface area contributed by atoms with Crippen LogP contribution in [0.15, 0.2) is 12.1 Å². The van der Waals surface area contributed by atoms with Gasteiger partial charge in [0.25, 0.3) is 0 Å². The van der Waals surface area contributed by atoms with E-state index in [1.54, 1.807) is 7.11 Å². The monoisotopic (exact) mass is 265 g/mol. The molecular formula is C15H23NO3. The highest BCUT2D eigenvalue weighted by Gasteiger charge is 2.09. The number of methoxy groups -OCH3 is 2. The van der Waals surface area contributed by atoms with Gasteiger partial charge in [-0.05, 0) is 50.1 Å². The Kier molecular flexibility index (Phi) is 5.83. The van der Waals surface area contributed by atoms with Gasteiger partial charge in [-0.15, -0.1) is 0 Å². The molecule has 1 rings (SSSR count). The molecule has 0 atom stereocenters. The molecule has 0 aliphatic rings. The minimum Gasteiger partial charge on any atom is -0.496 e. The third-order valence-corrected chi connectivity index (χ3v) is 3.46. The fraction of sp³-hybridized carbons (Fsp3) is 0.533. The van der Waals surface area contributed by atoms with Crippen molar-refractivity contribution in [3.05, 3.63) is 28.8 Å². The Labute approximate surface area is 115 Å². The Morgan fingerprint density at radius 3 is 2.47 bits per heavy atom. The molecule has 4 heteroatoms. The molecule has 0 heterocycles. The number of nitrogens with zero attached hydrogens (tertiary/aromatic N) is 1. The lowest BCUT2D eigenvalue weighted by atomic mass is 10.00. The van der Waals surface area contributed by atoms with E-state index in [4.69, 9.17) is 4.74 Å². The van der Waals surface area contributed by atoms with E-state index in [0.717, 1.165) is 18.7 Å². The van der Waals surface area contributed by atoms with E-state index in [1.807, 2.05) is 18.0 Å². The van der Waals surface area contributed by atoms with Crippen LogP contribution in [0.4, 0.5) is 0 Å². The molecule has 0 aliphatic heterocycles. The molecule has 1 aromatic rings. The quantitative estimate of drug-likeness (QED) is 0.737. The van der Waals surface area contributed by atoms with Gasteiger partial charge < -0.3 is 9.47 Å². The Balaban J connectivity index is 2.63. The van der Waals surface area contributed by atoms with Crippen molar-refractivity contribution in [2.45, 2.75) is 20.3 Å². The number of benzene rings is 1. The molecule has 0 bridgehead atoms. The smallest absolute Gasteiger partial charge is 0.319 e. The van der Waals surface area contributed by atoms with E-state index in [0.29, 0.717) is 6.54 Å². The first kappa shape index (κ1) is 15.5. The normalized spacial score (nSPS) is 10.6. The minimum atomic E-state index is -0.204. The van der Waals surface area contributed by atoms with E-state index < -0.39 is 0 Å². The first-order valence-electron chi connectivity index (χ1n) is 6.38. The lowest BCUT2D eigenvalue weighted by Crippen LogP contribution is -2.28. The fourth-order valence-corrected chi connectivity index (χ4v) is 2.02. The van der Waals surface area contributed by atoms with Crippen LogP contribution in [0.5, 0.6) is 5.75 Å². The second kappa shape index (κ2) is 7.14. The highest BCUT2D eigenvalue weighted by atomic mass is 16.5. The van der Waals surface area contributed by atoms with Gasteiger partial charge in [0.2, 0.25) is 0 Å². The van der Waals surface area contributed by atoms with Crippen LogP contribution in [-0.2, 0) is 16.0 Å². The third-order valence-electron chi connectivity index (χ3n) is 3.46. The molecule has 0 spiro atoms. The lowest BCUT2D eigenvalue weighted by molar-refractivity contribution is -0.141. The molecule has 1 aromatic carbocycles. The summed E-state index contributed by atoms with van der Waals surface area (Å²) in [5.74, 6) is 0.717. The maximum Gasteiger partial charge on any atom is 0.319 e. The van der Waals surface area contributed by atoms with Crippen molar-refractivity contribution >= 4 is 5.97 Å². The third kappa shape index (κ3) is 4.24. The summed E-state index contributed by atoms with van der Waals surface area (Å²) in [5.41, 5.74) is 3.72. The van der Waals surface area contributed by atoms with E-state index >= 15 is 0 Å². The zero-order chi connectivity index (χ0) is 14.4. The predicted molar refractivity (Wildman–Crippen MR) is 75.7 cm³/mol. The largest absolute Gasteiger partial charge is 0.496 e. The second-order valence-electron chi connectivity index (χ2n) is 4.74. The molecule has 0 saturated carbocycles. The van der Waals surface area contributed by atoms with Crippen LogP contribution in [-0.4, -0.2) is 45.2 Å². The van der Waals surface area contributed by atoms with Crippen LogP contribution in [0.25, 0.3) is 0 Å². The number of carbonyl (C=O) groups excluding carboxylic acids is 1. The zero-order valence-electron chi connectivity index (χ0n) is 12.4. The molecular weight excluding hydrogens is 242 g/mol. The number of rotatable bonds is 6. The Morgan fingerprint density at radius 2 is 1.89 bits per heavy atom. The highest BCUT2D eigenvalue weighted by molar-refractivity contribution is 5.71. The predicted octanol–water partition coefficient (Wildman–Crippen LogP) is 1.96. The maximum absolute atomic E-state index is 11.2. The molecule has 19 heavy (non-hydrogen) atoms. The molecule has 0 fully saturated rings. The maximum atomic E-state index is 11.2. The van der Waals surface area contributed by atoms with Crippen LogP contribution in [0.1, 0.15) is 16.7 Å². The van der Waals surface area contributed by atoms with Crippen molar-refractivity contribution in [2.75, 3.05) is 34.4 Å². The Bertz CT molecular complexity index is 443. The molecule has 0 aromatic heterocycles. The highest BCUT2D eigenvalue weighted by Crippen LogP contribution is 2.24. The summed E-state index contributed by atoms with van der Waals surface area (Å²) < 4.78 is 9.95. The molecule has 0 saturated heterocycles. The Morgan fingerprint density at radius 1 is 1.21 bits per heavy atom. The summed E-state index contributed by atoms with van der Waals surface area (Å²) in [5, 5.41) is 0. The van der Waals surface area contributed by atoms with Gasteiger partial charge in [0.15, 0.2) is 0 Å². The second-order valence-corrected chi connectivity index (χ2v) is 4.74. The fourth-order valence-electron chi connectivity index (χ4n) is 2.02. The molecule has 106 valence electrons. The number of carbonyl (C=O) groups is 1. The SMILES string of the molecule is COC(=O)CN(C)CCc1ccc(OC)c(C)c1C. The number of hydrogen-bond acceptors (Lipinski definition) is 4. The summed E-state index contributed by atoms with van der Waals surface area (Å²) in [6, 6.07) is 4.09. The summed E-state index contributed by atoms with van der Waals surface area (Å²) >= 11 is 0. The molecule has 0 unspecified atom stereocenters. The van der Waals surface area contributed by atoms with E-state index in [9.17, 15) is 4.79 Å². The first-order chi connectivity index (χ1) is 8.99. The molecule has 0 N–H and O–H groups in total. The zero-order valence-corrected chi connectivity index (χ0v) is 12.4. The number of esters is 1. The van der Waals surface area contributed by atoms with Crippen molar-refractivity contribution in [3.8, 4) is 5.75 Å². The van der Waals surface area contributed by atoms with Gasteiger partial charge in [-0.1, -0.05) is 6.07 Å². The van der Waals surface area contributed by atoms with Gasteiger partial charge >= 0.3 is 5.97 Å². The van der Waals surface area contributed by atoms with Crippen molar-refractivity contribution in [1.29, 1.82) is 0 Å². The average Bonchev–Trinajstić information content (AvgIpc) is 2.40. The summed E-state index contributed by atoms with van der Waals surface area (Å²) in [6.07, 6.45) is 0.907. The van der Waals surface area contributed by atoms with Crippen LogP contribution in [0.3, 0.4) is 0 Å². The van der Waals surface area contributed by atoms with E-state index in [-0.39, 0.29) is 5.97 Å². The molecule has 0 amide bonds. The van der Waals surface area contributed by atoms with Gasteiger partial charge in [0.1, 0.15) is 5.75 Å². The molecule has 4 nitrogen and oxygen atoms in total. The van der Waals surface area contributed by atoms with Gasteiger partial charge in [0, 0.05) is 6.54 Å². The van der Waals surface area contributed by atoms with Crippen molar-refractivity contribution in [3.63, 3.8) is 0 Å². The van der Waals surface area contributed by atoms with Gasteiger partial charge in [-0.2, -0.15) is 0 Å². The van der Waals surface area contributed by atoms with Crippen molar-refractivity contribution in [2.24, 2.45) is 0 Å². The average molecular weight is 265 g/mol. The van der Waals surface area contributed by atoms with Crippen LogP contribution in [0, 0.1) is 13.8 Å². The van der Waals surface area contributed by atoms with Gasteiger partial charge in [0.05, 0.1) is 20.8 Å². The number of ether oxygens (including phenoxy) is 2. The van der Waals surface area contributed by atoms with Gasteiger partial charge in [-0.25, -0.2) is 0 Å². The Hall–Kier alpha value is -1.55. The van der Waals surface area contributed by atoms with Crippen LogP contribution >= 0.6 is 0 Å². The minimum absolute atomic E-state index is 0.204. The van der Waals surface area contributed by atoms with Gasteiger partial charge in [-0.3, -0.25) is 9.69 Å². The first-order valence-corrected chi connectivity index (χ1v) is 6.38. The van der Waals surface area contributed by atoms with Crippen LogP contribution < -0.4 is 4.74 Å². The summed E-state index contributed by atoms with van der Waals surface area (Å²) in [4.78, 5) is 13.1. The topological polar surface area (TPSA) is 38.8 Å². The standard InChI is InChI=1S/C15H23NO3/c1-11-12(2)14(18-4)7-6-13(11)8-9-16(3)10-15(17)19-5/h6-7H,8-10H2,1-5H3. The summed E-state index contributed by atoms with van der Waals surface area (Å²) in [7, 11) is 5.02. The number of likely N-dealkylation sites (N-methyl/N-ethyl adjacent to an activating group) is 1. The van der Waals surface area contributed by atoms with Crippen molar-refractivity contribution < 1.29 is 14.3 Å². The van der Waals surface area contributed by atoms with Crippen LogP contribution in [0.2, 0.25) is 0 Å².